The molecule has 2 heterocycles. The minimum absolute atomic E-state index is 0.178. The van der Waals surface area contributed by atoms with Gasteiger partial charge in [0, 0.05) is 33.7 Å². The lowest BCUT2D eigenvalue weighted by atomic mass is 9.68. The number of thiophene rings is 1. The average molecular weight is 524 g/mol. The van der Waals surface area contributed by atoms with Gasteiger partial charge in [-0.05, 0) is 55.8 Å². The molecule has 196 valence electrons. The molecule has 1 aliphatic heterocycles. The summed E-state index contributed by atoms with van der Waals surface area (Å²) in [7, 11) is 1.57. The minimum Gasteiger partial charge on any atom is -0.497 e. The molecule has 0 saturated carbocycles. The Balaban J connectivity index is 1.93. The Morgan fingerprint density at radius 3 is 2.51 bits per heavy atom. The summed E-state index contributed by atoms with van der Waals surface area (Å²) in [5, 5.41) is 5.39. The van der Waals surface area contributed by atoms with Crippen LogP contribution in [0.2, 0.25) is 0 Å². The van der Waals surface area contributed by atoms with Crippen molar-refractivity contribution in [3.05, 3.63) is 74.8 Å². The average Bonchev–Trinajstić information content (AvgIpc) is 3.43. The number of Topliss-reactive ketones (excluding diaryl/α,β-unsaturated/α-hetero) is 1. The van der Waals surface area contributed by atoms with Crippen molar-refractivity contribution in [3.8, 4) is 5.75 Å². The first kappa shape index (κ1) is 26.7. The number of methoxy groups -OCH3 is 1. The van der Waals surface area contributed by atoms with Crippen molar-refractivity contribution in [2.75, 3.05) is 20.3 Å². The Labute approximate surface area is 221 Å². The second-order valence-electron chi connectivity index (χ2n) is 9.01. The predicted octanol–water partition coefficient (Wildman–Crippen LogP) is 5.25. The summed E-state index contributed by atoms with van der Waals surface area (Å²) in [6, 6.07) is 11.2. The molecule has 0 fully saturated rings. The van der Waals surface area contributed by atoms with E-state index >= 15 is 0 Å². The third-order valence-electron chi connectivity index (χ3n) is 6.78. The van der Waals surface area contributed by atoms with Crippen LogP contribution >= 0.6 is 11.3 Å². The van der Waals surface area contributed by atoms with E-state index in [0.29, 0.717) is 29.7 Å². The maximum Gasteiger partial charge on any atom is 0.336 e. The van der Waals surface area contributed by atoms with Crippen LogP contribution in [0.1, 0.15) is 62.3 Å². The summed E-state index contributed by atoms with van der Waals surface area (Å²) in [5.41, 5.74) is 3.05. The molecule has 1 aromatic heterocycles. The van der Waals surface area contributed by atoms with Gasteiger partial charge in [0.25, 0.3) is 0 Å². The van der Waals surface area contributed by atoms with Crippen LogP contribution in [0.5, 0.6) is 5.75 Å². The number of benzene rings is 1. The van der Waals surface area contributed by atoms with E-state index in [9.17, 15) is 14.4 Å². The fourth-order valence-corrected chi connectivity index (χ4v) is 6.14. The van der Waals surface area contributed by atoms with Crippen molar-refractivity contribution in [1.29, 1.82) is 0 Å². The van der Waals surface area contributed by atoms with Crippen molar-refractivity contribution in [1.82, 2.24) is 5.32 Å². The molecule has 7 nitrogen and oxygen atoms in total. The van der Waals surface area contributed by atoms with Crippen LogP contribution < -0.4 is 10.1 Å². The molecule has 37 heavy (non-hydrogen) atoms. The molecule has 0 spiro atoms. The molecule has 0 bridgehead atoms. The molecule has 3 atom stereocenters. The van der Waals surface area contributed by atoms with E-state index in [2.05, 4.69) is 5.32 Å². The van der Waals surface area contributed by atoms with Crippen molar-refractivity contribution in [2.45, 2.75) is 51.9 Å². The van der Waals surface area contributed by atoms with Crippen LogP contribution in [0.3, 0.4) is 0 Å². The SMILES string of the molecule is CCCC1=C(C(=O)OCC)[C@@H](c2cccc(OC)c2)C2=C(C[C@@H](c3cccs3)[C@H](C(=O)OCC)C2=O)N1. The van der Waals surface area contributed by atoms with E-state index in [0.717, 1.165) is 28.3 Å². The van der Waals surface area contributed by atoms with Crippen LogP contribution in [0.25, 0.3) is 0 Å². The number of ketones is 1. The highest BCUT2D eigenvalue weighted by Gasteiger charge is 2.49. The highest BCUT2D eigenvalue weighted by molar-refractivity contribution is 7.10. The van der Waals surface area contributed by atoms with E-state index in [4.69, 9.17) is 14.2 Å². The fourth-order valence-electron chi connectivity index (χ4n) is 5.27. The normalized spacial score (nSPS) is 21.3. The third kappa shape index (κ3) is 5.21. The molecule has 0 radical (unpaired) electrons. The highest BCUT2D eigenvalue weighted by atomic mass is 32.1. The minimum atomic E-state index is -0.997. The molecule has 0 saturated heterocycles. The maximum atomic E-state index is 14.3. The van der Waals surface area contributed by atoms with Gasteiger partial charge in [0.1, 0.15) is 11.7 Å². The number of allylic oxidation sites excluding steroid dienone is 3. The predicted molar refractivity (Wildman–Crippen MR) is 141 cm³/mol. The van der Waals surface area contributed by atoms with Crippen molar-refractivity contribution in [2.24, 2.45) is 5.92 Å². The van der Waals surface area contributed by atoms with E-state index in [1.165, 1.54) is 11.3 Å². The van der Waals surface area contributed by atoms with Gasteiger partial charge in [-0.3, -0.25) is 9.59 Å². The summed E-state index contributed by atoms with van der Waals surface area (Å²) >= 11 is 1.52. The quantitative estimate of drug-likeness (QED) is 0.355. The van der Waals surface area contributed by atoms with Crippen molar-refractivity contribution in [3.63, 3.8) is 0 Å². The van der Waals surface area contributed by atoms with Crippen molar-refractivity contribution < 1.29 is 28.6 Å². The second kappa shape index (κ2) is 11.8. The number of hydrogen-bond donors (Lipinski definition) is 1. The standard InChI is InChI=1S/C29H33NO6S/c1-5-10-20-26(29(33)36-7-3)23(17-11-8-12-18(15-17)34-4)25-21(30-20)16-19(22-13-9-14-37-22)24(27(25)31)28(32)35-6-2/h8-9,11-15,19,23-24,30H,5-7,10,16H2,1-4H3/t19-,23-,24-/m0/s1. The third-order valence-corrected chi connectivity index (χ3v) is 7.78. The van der Waals surface area contributed by atoms with Gasteiger partial charge in [0.05, 0.1) is 25.9 Å². The number of carbonyl (C=O) groups excluding carboxylic acids is 3. The molecule has 0 unspecified atom stereocenters. The fraction of sp³-hybridized carbons (Fsp3) is 0.414. The summed E-state index contributed by atoms with van der Waals surface area (Å²) in [5.74, 6) is -2.77. The van der Waals surface area contributed by atoms with Gasteiger partial charge < -0.3 is 19.5 Å². The largest absolute Gasteiger partial charge is 0.497 e. The summed E-state index contributed by atoms with van der Waals surface area (Å²) in [6.07, 6.45) is 1.87. The first-order valence-corrected chi connectivity index (χ1v) is 13.6. The Morgan fingerprint density at radius 2 is 1.86 bits per heavy atom. The lowest BCUT2D eigenvalue weighted by molar-refractivity contribution is -0.152. The maximum absolute atomic E-state index is 14.3. The molecule has 4 rings (SSSR count). The van der Waals surface area contributed by atoms with E-state index in [-0.39, 0.29) is 24.9 Å². The number of rotatable bonds is 9. The molecule has 8 heteroatoms. The highest BCUT2D eigenvalue weighted by Crippen LogP contribution is 2.49. The van der Waals surface area contributed by atoms with Gasteiger partial charge in [-0.2, -0.15) is 0 Å². The first-order valence-electron chi connectivity index (χ1n) is 12.7. The van der Waals surface area contributed by atoms with Crippen LogP contribution in [0.4, 0.5) is 0 Å². The summed E-state index contributed by atoms with van der Waals surface area (Å²) in [6.45, 7) is 5.92. The van der Waals surface area contributed by atoms with E-state index in [1.807, 2.05) is 48.7 Å². The van der Waals surface area contributed by atoms with Crippen LogP contribution in [0, 0.1) is 5.92 Å². The molecular formula is C29H33NO6S. The van der Waals surface area contributed by atoms with Gasteiger partial charge in [-0.1, -0.05) is 31.5 Å². The number of ether oxygens (including phenoxy) is 3. The van der Waals surface area contributed by atoms with Gasteiger partial charge in [0.2, 0.25) is 0 Å². The second-order valence-corrected chi connectivity index (χ2v) is 9.99. The molecule has 1 aliphatic carbocycles. The number of carbonyl (C=O) groups is 3. The first-order chi connectivity index (χ1) is 17.9. The number of esters is 2. The van der Waals surface area contributed by atoms with E-state index in [1.54, 1.807) is 21.0 Å². The number of nitrogens with one attached hydrogen (secondary N) is 1. The van der Waals surface area contributed by atoms with Crippen LogP contribution in [-0.4, -0.2) is 38.0 Å². The zero-order valence-electron chi connectivity index (χ0n) is 21.7. The molecular weight excluding hydrogens is 490 g/mol. The van der Waals surface area contributed by atoms with Crippen molar-refractivity contribution >= 4 is 29.1 Å². The van der Waals surface area contributed by atoms with Crippen LogP contribution in [0.15, 0.2) is 64.3 Å². The van der Waals surface area contributed by atoms with Crippen LogP contribution in [-0.2, 0) is 23.9 Å². The zero-order valence-corrected chi connectivity index (χ0v) is 22.5. The van der Waals surface area contributed by atoms with Gasteiger partial charge in [-0.15, -0.1) is 11.3 Å². The Morgan fingerprint density at radius 1 is 1.08 bits per heavy atom. The summed E-state index contributed by atoms with van der Waals surface area (Å²) < 4.78 is 16.3. The Bertz CT molecular complexity index is 1230. The molecule has 1 aromatic carbocycles. The number of dihydropyridines is 1. The van der Waals surface area contributed by atoms with E-state index < -0.39 is 23.8 Å². The number of hydrogen-bond acceptors (Lipinski definition) is 8. The molecule has 0 amide bonds. The molecule has 1 N–H and O–H groups in total. The smallest absolute Gasteiger partial charge is 0.336 e. The Kier molecular flexibility index (Phi) is 8.48. The van der Waals surface area contributed by atoms with Gasteiger partial charge >= 0.3 is 11.9 Å². The Hall–Kier alpha value is -3.39. The molecule has 2 aromatic rings. The lowest BCUT2D eigenvalue weighted by Crippen LogP contribution is -2.43. The topological polar surface area (TPSA) is 90.9 Å². The zero-order chi connectivity index (χ0) is 26.5. The van der Waals surface area contributed by atoms with Gasteiger partial charge in [0.15, 0.2) is 5.78 Å². The summed E-state index contributed by atoms with van der Waals surface area (Å²) in [4.78, 5) is 41.9. The molecule has 2 aliphatic rings. The lowest BCUT2D eigenvalue weighted by Gasteiger charge is -2.39. The monoisotopic (exact) mass is 523 g/mol. The van der Waals surface area contributed by atoms with Gasteiger partial charge in [-0.25, -0.2) is 4.79 Å².